The normalized spacial score (nSPS) is 14.2. The molecule has 0 unspecified atom stereocenters. The first kappa shape index (κ1) is 156. The molecule has 0 aromatic heterocycles. The van der Waals surface area contributed by atoms with Crippen LogP contribution < -0.4 is 21.3 Å². The SMILES string of the molecule is CC(C)(C)C(=O)CC(O)(CC(=O)C(C)(C)C)C(=O)C(C)(C)C.CC(C)(C)C(=O)CN(CCN(CC(=O)C(C)(C)C)CC(=O)C(C)(C)C)CCN(CC(=O)C(C)(C)C)CC(=O)C(C)(C)C.CC(C)(C)NCCN(CCNC(C)(C)C)CCNC(C)(C)C.CC(C)(C)N[C@@H](CCC(=O)C(C)(C)C)C(=O)C(C)(C)C.CC(C)(C)OCC(COC(C)(C)C)(COC(C)(C)C)COC(C)(C)C.CC(C)(C)OCC(COC(C)(C)C)OC(C)(C)C. The molecule has 0 saturated heterocycles. The molecule has 149 heavy (non-hydrogen) atoms. The van der Waals surface area contributed by atoms with Gasteiger partial charge in [-0.25, -0.2) is 0 Å². The molecule has 0 amide bonds. The van der Waals surface area contributed by atoms with E-state index in [1.807, 2.05) is 243 Å². The van der Waals surface area contributed by atoms with Crippen molar-refractivity contribution >= 4 is 57.8 Å². The third kappa shape index (κ3) is 87.7. The Morgan fingerprint density at radius 1 is 0.242 bits per heavy atom. The van der Waals surface area contributed by atoms with Crippen molar-refractivity contribution in [1.29, 1.82) is 0 Å². The Bertz CT molecular complexity index is 3610. The van der Waals surface area contributed by atoms with Crippen LogP contribution in [0.15, 0.2) is 0 Å². The molecule has 26 heteroatoms. The van der Waals surface area contributed by atoms with Gasteiger partial charge in [0.05, 0.1) is 123 Å². The van der Waals surface area contributed by atoms with Crippen LogP contribution in [0.5, 0.6) is 0 Å². The molecular weight excluding hydrogens is 1880 g/mol. The first-order valence-corrected chi connectivity index (χ1v) is 55.5. The van der Waals surface area contributed by atoms with Crippen LogP contribution in [-0.4, -0.2) is 299 Å². The molecule has 0 spiro atoms. The average molecular weight is 2130 g/mol. The fourth-order valence-electron chi connectivity index (χ4n) is 12.5. The zero-order valence-corrected chi connectivity index (χ0v) is 110. The standard InChI is InChI=1S/C34H63N3O5.C21H44O4.C18H42N4.C18H32O4.C17H33NO2.C15H32O3/c1-30(2,3)25(38)20-35(16-18-36(21-26(39)31(4,5)6)22-27(40)32(7,8)9)17-19-37(23-28(41)33(10,11)12)24-29(42)34(13,14)15;1-17(2,3)22-13-21(14-23-18(4,5)6,15-24-19(7,8)9)16-25-20(10,11)12;1-16(2,3)19-10-13-22(14-11-20-17(4,5)6)15-12-21-18(7,8)9;1-15(2,3)12(19)10-18(22,14(21)17(7,8)9)11-13(20)16(4,5)6;1-15(2,3)13(19)11-10-12(18-17(7,8)9)14(20)16(4,5)6;1-13(2,3)16-10-12(18-15(7,8)9)11-17-14(4,5)6/h16-24H2,1-15H3;13-16H2,1-12H3;19-21H,10-15H2,1-9H3;22H,10-11H2,1-9H3;12,18H,10-11H2,1-9H3;12H,10-11H2,1-9H3/t;;;;12-;/m....0./s1. The van der Waals surface area contributed by atoms with Gasteiger partial charge < -0.3 is 59.5 Å². The van der Waals surface area contributed by atoms with Crippen LogP contribution in [0.4, 0.5) is 0 Å². The van der Waals surface area contributed by atoms with E-state index in [-0.39, 0.29) is 182 Å². The van der Waals surface area contributed by atoms with E-state index in [9.17, 15) is 53.1 Å². The van der Waals surface area contributed by atoms with Gasteiger partial charge in [0.15, 0.2) is 40.5 Å². The van der Waals surface area contributed by atoms with Gasteiger partial charge in [-0.3, -0.25) is 67.5 Å². The summed E-state index contributed by atoms with van der Waals surface area (Å²) in [5, 5.41) is 25.0. The van der Waals surface area contributed by atoms with Gasteiger partial charge in [0, 0.05) is 161 Å². The summed E-state index contributed by atoms with van der Waals surface area (Å²) in [6, 6.07) is -0.263. The van der Waals surface area contributed by atoms with Crippen molar-refractivity contribution in [2.75, 3.05) is 138 Å². The highest BCUT2D eigenvalue weighted by Crippen LogP contribution is 2.37. The Labute approximate surface area is 918 Å². The Morgan fingerprint density at radius 2 is 0.463 bits per heavy atom. The van der Waals surface area contributed by atoms with Gasteiger partial charge >= 0.3 is 0 Å². The molecule has 0 rings (SSSR count). The number of nitrogens with zero attached hydrogens (tertiary/aromatic N) is 4. The molecule has 0 saturated carbocycles. The quantitative estimate of drug-likeness (QED) is 0.0378. The number of hydrogen-bond donors (Lipinski definition) is 5. The van der Waals surface area contributed by atoms with Crippen molar-refractivity contribution in [2.45, 2.75) is 541 Å². The fourth-order valence-corrected chi connectivity index (χ4v) is 12.5. The van der Waals surface area contributed by atoms with E-state index in [0.29, 0.717) is 78.7 Å². The lowest BCUT2D eigenvalue weighted by molar-refractivity contribution is -0.181. The number of carbonyl (C=O) groups excluding carboxylic acids is 10. The molecule has 0 bridgehead atoms. The average Bonchev–Trinajstić information content (AvgIpc) is 0.788. The lowest BCUT2D eigenvalue weighted by Crippen LogP contribution is -2.51. The van der Waals surface area contributed by atoms with E-state index < -0.39 is 60.1 Å². The smallest absolute Gasteiger partial charge is 0.170 e. The van der Waals surface area contributed by atoms with Gasteiger partial charge in [-0.05, 0) is 235 Å². The number of ketones is 10. The summed E-state index contributed by atoms with van der Waals surface area (Å²) >= 11 is 0. The zero-order valence-electron chi connectivity index (χ0n) is 110. The van der Waals surface area contributed by atoms with E-state index >= 15 is 0 Å². The van der Waals surface area contributed by atoms with Crippen molar-refractivity contribution in [3.63, 3.8) is 0 Å². The lowest BCUT2D eigenvalue weighted by atomic mass is 9.71. The van der Waals surface area contributed by atoms with Gasteiger partial charge in [-0.15, -0.1) is 0 Å². The van der Waals surface area contributed by atoms with E-state index in [1.54, 1.807) is 62.3 Å². The topological polar surface area (TPSA) is 317 Å². The summed E-state index contributed by atoms with van der Waals surface area (Å²) in [4.78, 5) is 135. The van der Waals surface area contributed by atoms with Gasteiger partial charge in [0.2, 0.25) is 0 Å². The number of ether oxygens (including phenoxy) is 7. The number of carbonyl (C=O) groups is 10. The van der Waals surface area contributed by atoms with Gasteiger partial charge in [-0.1, -0.05) is 208 Å². The molecule has 0 heterocycles. The summed E-state index contributed by atoms with van der Waals surface area (Å²) in [5.74, 6) is -0.257. The lowest BCUT2D eigenvalue weighted by Gasteiger charge is -2.40. The Balaban J connectivity index is -0.000000423. The molecular formula is C123H246N8O18. The molecule has 26 nitrogen and oxygen atoms in total. The number of hydrogen-bond acceptors (Lipinski definition) is 26. The van der Waals surface area contributed by atoms with Crippen LogP contribution >= 0.6 is 0 Å². The highest BCUT2D eigenvalue weighted by molar-refractivity contribution is 6.01. The van der Waals surface area contributed by atoms with Crippen molar-refractivity contribution in [1.82, 2.24) is 40.9 Å². The predicted octanol–water partition coefficient (Wildman–Crippen LogP) is 23.6. The summed E-state index contributed by atoms with van der Waals surface area (Å²) in [6.07, 6.45) is 0.328. The maximum atomic E-state index is 13.1. The molecule has 0 radical (unpaired) electrons. The molecule has 0 aliphatic heterocycles. The van der Waals surface area contributed by atoms with E-state index in [4.69, 9.17) is 33.2 Å². The maximum absolute atomic E-state index is 13.1. The molecule has 0 fully saturated rings. The second kappa shape index (κ2) is 62.0. The first-order chi connectivity index (χ1) is 65.0. The van der Waals surface area contributed by atoms with Crippen molar-refractivity contribution in [3.05, 3.63) is 0 Å². The molecule has 886 valence electrons. The van der Waals surface area contributed by atoms with Crippen molar-refractivity contribution < 1.29 is 86.2 Å². The van der Waals surface area contributed by atoms with Gasteiger partial charge in [0.25, 0.3) is 0 Å². The number of rotatable bonds is 48. The van der Waals surface area contributed by atoms with E-state index in [0.717, 1.165) is 39.3 Å². The van der Waals surface area contributed by atoms with Crippen LogP contribution in [-0.2, 0) is 81.1 Å². The summed E-state index contributed by atoms with van der Waals surface area (Å²) in [5.41, 5.74) is -8.84. The van der Waals surface area contributed by atoms with E-state index in [1.165, 1.54) is 0 Å². The molecule has 0 aliphatic carbocycles. The predicted molar refractivity (Wildman–Crippen MR) is 625 cm³/mol. The summed E-state index contributed by atoms with van der Waals surface area (Å²) in [7, 11) is 0. The van der Waals surface area contributed by atoms with Crippen LogP contribution in [0.25, 0.3) is 0 Å². The largest absolute Gasteiger partial charge is 0.381 e. The summed E-state index contributed by atoms with van der Waals surface area (Å²) in [6.45, 7) is 137. The number of nitrogens with one attached hydrogen (secondary N) is 4. The number of aliphatic hydroxyl groups is 1. The molecule has 0 aromatic rings. The summed E-state index contributed by atoms with van der Waals surface area (Å²) < 4.78 is 42.2. The minimum Gasteiger partial charge on any atom is -0.381 e. The fraction of sp³-hybridized carbons (Fsp3) is 0.919. The van der Waals surface area contributed by atoms with Crippen molar-refractivity contribution in [2.24, 2.45) is 59.6 Å². The molecule has 1 atom stereocenters. The van der Waals surface area contributed by atoms with Crippen LogP contribution in [0.2, 0.25) is 0 Å². The van der Waals surface area contributed by atoms with Crippen molar-refractivity contribution in [3.8, 4) is 0 Å². The van der Waals surface area contributed by atoms with E-state index in [2.05, 4.69) is 172 Å². The minimum absolute atomic E-state index is 0.0385. The maximum Gasteiger partial charge on any atom is 0.170 e. The van der Waals surface area contributed by atoms with Crippen LogP contribution in [0.3, 0.4) is 0 Å². The monoisotopic (exact) mass is 2120 g/mol. The molecule has 0 aliphatic rings. The molecule has 5 N–H and O–H groups in total. The van der Waals surface area contributed by atoms with Crippen LogP contribution in [0, 0.1) is 59.6 Å². The Morgan fingerprint density at radius 3 is 0.651 bits per heavy atom. The third-order valence-electron chi connectivity index (χ3n) is 22.7. The van der Waals surface area contributed by atoms with Gasteiger partial charge in [-0.2, -0.15) is 0 Å². The first-order valence-electron chi connectivity index (χ1n) is 55.5. The highest BCUT2D eigenvalue weighted by atomic mass is 16.6. The Kier molecular flexibility index (Phi) is 64.8. The second-order valence-electron chi connectivity index (χ2n) is 63.3. The Hall–Kier alpha value is -3.94. The second-order valence-corrected chi connectivity index (χ2v) is 63.3. The highest BCUT2D eigenvalue weighted by Gasteiger charge is 2.49. The third-order valence-corrected chi connectivity index (χ3v) is 22.7. The van der Waals surface area contributed by atoms with Crippen LogP contribution in [0.1, 0.15) is 462 Å². The molecule has 0 aromatic carbocycles. The van der Waals surface area contributed by atoms with Gasteiger partial charge in [0.1, 0.15) is 29.1 Å². The zero-order chi connectivity index (χ0) is 120. The minimum atomic E-state index is -1.94. The number of Topliss-reactive ketones (excluding diaryl/α,β-unsaturated/α-hetero) is 10.